The molecular weight excluding hydrogens is 212 g/mol. The van der Waals surface area contributed by atoms with Crippen molar-refractivity contribution < 1.29 is 4.79 Å². The van der Waals surface area contributed by atoms with Crippen molar-refractivity contribution in [2.45, 2.75) is 58.4 Å². The van der Waals surface area contributed by atoms with Crippen LogP contribution in [0, 0.1) is 17.8 Å². The largest absolute Gasteiger partial charge is 0.338 e. The van der Waals surface area contributed by atoms with E-state index in [-0.39, 0.29) is 6.03 Å². The lowest BCUT2D eigenvalue weighted by molar-refractivity contribution is 0.220. The normalized spacial score (nSPS) is 32.5. The monoisotopic (exact) mass is 238 g/mol. The van der Waals surface area contributed by atoms with E-state index < -0.39 is 0 Å². The number of hydrogen-bond donors (Lipinski definition) is 2. The average Bonchev–Trinajstić information content (AvgIpc) is 2.91. The summed E-state index contributed by atoms with van der Waals surface area (Å²) in [6.45, 7) is 5.11. The lowest BCUT2D eigenvalue weighted by Crippen LogP contribution is -2.45. The molecule has 0 saturated heterocycles. The van der Waals surface area contributed by atoms with Crippen LogP contribution in [-0.4, -0.2) is 18.6 Å². The van der Waals surface area contributed by atoms with E-state index in [1.54, 1.807) is 0 Å². The highest BCUT2D eigenvalue weighted by Gasteiger charge is 2.42. The molecule has 3 nitrogen and oxygen atoms in total. The van der Waals surface area contributed by atoms with E-state index in [1.807, 2.05) is 0 Å². The van der Waals surface area contributed by atoms with Gasteiger partial charge in [-0.15, -0.1) is 0 Å². The van der Waals surface area contributed by atoms with Crippen molar-refractivity contribution in [1.82, 2.24) is 10.6 Å². The summed E-state index contributed by atoms with van der Waals surface area (Å²) < 4.78 is 0. The van der Waals surface area contributed by atoms with E-state index in [0.29, 0.717) is 6.04 Å². The van der Waals surface area contributed by atoms with Crippen LogP contribution in [0.5, 0.6) is 0 Å². The fourth-order valence-corrected chi connectivity index (χ4v) is 3.65. The summed E-state index contributed by atoms with van der Waals surface area (Å²) in [5.74, 6) is 2.56. The van der Waals surface area contributed by atoms with Gasteiger partial charge in [-0.25, -0.2) is 4.79 Å². The molecule has 2 aliphatic carbocycles. The molecule has 0 spiro atoms. The fourth-order valence-electron chi connectivity index (χ4n) is 3.65. The van der Waals surface area contributed by atoms with Crippen molar-refractivity contribution in [3.63, 3.8) is 0 Å². The molecule has 0 aromatic heterocycles. The molecule has 2 fully saturated rings. The number of urea groups is 1. The van der Waals surface area contributed by atoms with Crippen molar-refractivity contribution in [1.29, 1.82) is 0 Å². The molecule has 0 aliphatic heterocycles. The number of carbonyl (C=O) groups excluding carboxylic acids is 1. The van der Waals surface area contributed by atoms with Crippen LogP contribution in [0.4, 0.5) is 4.79 Å². The van der Waals surface area contributed by atoms with E-state index in [2.05, 4.69) is 24.5 Å². The van der Waals surface area contributed by atoms with Crippen LogP contribution in [0.15, 0.2) is 0 Å². The van der Waals surface area contributed by atoms with Gasteiger partial charge in [0.25, 0.3) is 0 Å². The summed E-state index contributed by atoms with van der Waals surface area (Å²) in [6, 6.07) is 0.362. The Morgan fingerprint density at radius 2 is 2.18 bits per heavy atom. The molecule has 0 radical (unpaired) electrons. The Kier molecular flexibility index (Phi) is 4.30. The van der Waals surface area contributed by atoms with Gasteiger partial charge in [0.15, 0.2) is 0 Å². The molecule has 98 valence electrons. The lowest BCUT2D eigenvalue weighted by atomic mass is 9.84. The van der Waals surface area contributed by atoms with Gasteiger partial charge in [0.1, 0.15) is 0 Å². The minimum absolute atomic E-state index is 0.0220. The Labute approximate surface area is 105 Å². The molecule has 2 bridgehead atoms. The van der Waals surface area contributed by atoms with Gasteiger partial charge in [0.05, 0.1) is 0 Å². The summed E-state index contributed by atoms with van der Waals surface area (Å²) in [4.78, 5) is 11.7. The van der Waals surface area contributed by atoms with Gasteiger partial charge >= 0.3 is 6.03 Å². The van der Waals surface area contributed by atoms with Crippen LogP contribution >= 0.6 is 0 Å². The SMILES string of the molecule is CCCCNC(=O)NC(C)C1CC2CCC1C2. The maximum Gasteiger partial charge on any atom is 0.315 e. The highest BCUT2D eigenvalue weighted by atomic mass is 16.2. The van der Waals surface area contributed by atoms with Gasteiger partial charge in [0, 0.05) is 12.6 Å². The summed E-state index contributed by atoms with van der Waals surface area (Å²) in [5, 5.41) is 6.05. The predicted molar refractivity (Wildman–Crippen MR) is 69.8 cm³/mol. The highest BCUT2D eigenvalue weighted by Crippen LogP contribution is 2.49. The number of fused-ring (bicyclic) bond motifs is 2. The maximum atomic E-state index is 11.7. The number of nitrogens with one attached hydrogen (secondary N) is 2. The number of rotatable bonds is 5. The molecule has 2 saturated carbocycles. The Bertz CT molecular complexity index is 267. The zero-order valence-corrected chi connectivity index (χ0v) is 11.2. The average molecular weight is 238 g/mol. The van der Waals surface area contributed by atoms with E-state index in [4.69, 9.17) is 0 Å². The van der Waals surface area contributed by atoms with Crippen LogP contribution < -0.4 is 10.6 Å². The minimum Gasteiger partial charge on any atom is -0.338 e. The number of amides is 2. The van der Waals surface area contributed by atoms with Crippen LogP contribution in [0.2, 0.25) is 0 Å². The molecule has 0 heterocycles. The van der Waals surface area contributed by atoms with Gasteiger partial charge < -0.3 is 10.6 Å². The second-order valence-corrected chi connectivity index (χ2v) is 5.88. The van der Waals surface area contributed by atoms with Gasteiger partial charge in [-0.3, -0.25) is 0 Å². The van der Waals surface area contributed by atoms with Gasteiger partial charge in [0.2, 0.25) is 0 Å². The molecule has 2 rings (SSSR count). The van der Waals surface area contributed by atoms with E-state index in [9.17, 15) is 4.79 Å². The topological polar surface area (TPSA) is 41.1 Å². The molecule has 2 amide bonds. The van der Waals surface area contributed by atoms with Crippen molar-refractivity contribution in [2.24, 2.45) is 17.8 Å². The number of hydrogen-bond acceptors (Lipinski definition) is 1. The smallest absolute Gasteiger partial charge is 0.315 e. The first-order valence-electron chi connectivity index (χ1n) is 7.25. The van der Waals surface area contributed by atoms with Gasteiger partial charge in [-0.1, -0.05) is 19.8 Å². The molecule has 3 heteroatoms. The fraction of sp³-hybridized carbons (Fsp3) is 0.929. The van der Waals surface area contributed by atoms with Crippen LogP contribution in [0.3, 0.4) is 0 Å². The highest BCUT2D eigenvalue weighted by molar-refractivity contribution is 5.74. The first-order valence-corrected chi connectivity index (χ1v) is 7.25. The van der Waals surface area contributed by atoms with Crippen molar-refractivity contribution in [3.05, 3.63) is 0 Å². The number of unbranched alkanes of at least 4 members (excludes halogenated alkanes) is 1. The Morgan fingerprint density at radius 1 is 1.35 bits per heavy atom. The molecule has 0 aromatic carbocycles. The second kappa shape index (κ2) is 5.74. The zero-order chi connectivity index (χ0) is 12.3. The van der Waals surface area contributed by atoms with E-state index in [1.165, 1.54) is 25.7 Å². The molecule has 2 N–H and O–H groups in total. The van der Waals surface area contributed by atoms with Gasteiger partial charge in [-0.05, 0) is 50.4 Å². The molecule has 17 heavy (non-hydrogen) atoms. The van der Waals surface area contributed by atoms with E-state index in [0.717, 1.165) is 37.1 Å². The summed E-state index contributed by atoms with van der Waals surface area (Å²) in [5.41, 5.74) is 0. The number of carbonyl (C=O) groups is 1. The summed E-state index contributed by atoms with van der Waals surface area (Å²) >= 11 is 0. The third-order valence-corrected chi connectivity index (χ3v) is 4.61. The van der Waals surface area contributed by atoms with Crippen molar-refractivity contribution in [3.8, 4) is 0 Å². The molecule has 4 atom stereocenters. The molecule has 4 unspecified atom stereocenters. The standard InChI is InChI=1S/C14H26N2O/c1-3-4-7-15-14(17)16-10(2)13-9-11-5-6-12(13)8-11/h10-13H,3-9H2,1-2H3,(H2,15,16,17). The van der Waals surface area contributed by atoms with Crippen LogP contribution in [-0.2, 0) is 0 Å². The molecule has 2 aliphatic rings. The van der Waals surface area contributed by atoms with Crippen molar-refractivity contribution in [2.75, 3.05) is 6.54 Å². The Hall–Kier alpha value is -0.730. The molecule has 0 aromatic rings. The van der Waals surface area contributed by atoms with E-state index >= 15 is 0 Å². The third-order valence-electron chi connectivity index (χ3n) is 4.61. The predicted octanol–water partition coefficient (Wildman–Crippen LogP) is 2.91. The second-order valence-electron chi connectivity index (χ2n) is 5.88. The van der Waals surface area contributed by atoms with Crippen LogP contribution in [0.1, 0.15) is 52.4 Å². The minimum atomic E-state index is 0.0220. The van der Waals surface area contributed by atoms with Crippen molar-refractivity contribution >= 4 is 6.03 Å². The lowest BCUT2D eigenvalue weighted by Gasteiger charge is -2.28. The molecular formula is C14H26N2O. The maximum absolute atomic E-state index is 11.7. The van der Waals surface area contributed by atoms with Crippen LogP contribution in [0.25, 0.3) is 0 Å². The summed E-state index contributed by atoms with van der Waals surface area (Å²) in [6.07, 6.45) is 7.75. The van der Waals surface area contributed by atoms with Gasteiger partial charge in [-0.2, -0.15) is 0 Å². The summed E-state index contributed by atoms with van der Waals surface area (Å²) in [7, 11) is 0. The first-order chi connectivity index (χ1) is 8.20. The quantitative estimate of drug-likeness (QED) is 0.710. The Balaban J connectivity index is 1.70. The Morgan fingerprint density at radius 3 is 2.76 bits per heavy atom. The zero-order valence-electron chi connectivity index (χ0n) is 11.2. The third kappa shape index (κ3) is 3.14. The first kappa shape index (κ1) is 12.7.